The summed E-state index contributed by atoms with van der Waals surface area (Å²) in [5.41, 5.74) is 4.05. The number of halogens is 1. The number of H-pyrrole nitrogens is 1. The minimum atomic E-state index is -0.250. The fraction of sp³-hybridized carbons (Fsp3) is 0.304. The molecule has 0 unspecified atom stereocenters. The molecular formula is C23H25ClN2O4. The highest BCUT2D eigenvalue weighted by Gasteiger charge is 2.44. The molecule has 4 rings (SSSR count). The van der Waals surface area contributed by atoms with E-state index in [-0.39, 0.29) is 17.8 Å². The molecule has 6 nitrogen and oxygen atoms in total. The number of carbonyl (C=O) groups excluding carboxylic acids is 1. The lowest BCUT2D eigenvalue weighted by molar-refractivity contribution is -0.126. The van der Waals surface area contributed by atoms with E-state index in [1.807, 2.05) is 37.3 Å². The van der Waals surface area contributed by atoms with Crippen LogP contribution in [0.1, 0.15) is 36.6 Å². The average molecular weight is 429 g/mol. The Hall–Kier alpha value is -2.99. The zero-order chi connectivity index (χ0) is 21.7. The second-order valence-corrected chi connectivity index (χ2v) is 8.20. The van der Waals surface area contributed by atoms with E-state index in [9.17, 15) is 4.79 Å². The van der Waals surface area contributed by atoms with Crippen LogP contribution in [-0.4, -0.2) is 22.5 Å². The molecular weight excluding hydrogens is 404 g/mol. The van der Waals surface area contributed by atoms with Crippen LogP contribution in [0.15, 0.2) is 42.5 Å². The van der Waals surface area contributed by atoms with Crippen molar-refractivity contribution in [2.24, 2.45) is 5.41 Å². The number of carbonyl (C=O) groups is 2. The number of aromatic amines is 1. The van der Waals surface area contributed by atoms with Crippen LogP contribution in [0, 0.1) is 12.3 Å². The van der Waals surface area contributed by atoms with E-state index in [0.29, 0.717) is 23.9 Å². The first-order chi connectivity index (χ1) is 14.3. The van der Waals surface area contributed by atoms with Crippen LogP contribution in [0.4, 0.5) is 0 Å². The Kier molecular flexibility index (Phi) is 6.67. The Morgan fingerprint density at radius 2 is 2.03 bits per heavy atom. The van der Waals surface area contributed by atoms with Crippen molar-refractivity contribution in [2.75, 3.05) is 0 Å². The van der Waals surface area contributed by atoms with Gasteiger partial charge in [-0.25, -0.2) is 0 Å². The molecule has 1 amide bonds. The standard InChI is InChI=1S/C22H23ClN2O2.CH2O2/c1-14-4-3-5-15(8-14)13-27-20-11-19-16(10-18(20)23)9-17(25-19)12-24-21(26)22(2)6-7-22;2-1-3/h3-5,8-11,25H,6-7,12-13H2,1-2H3,(H,24,26);1H,(H,2,3). The molecule has 1 aromatic heterocycles. The summed E-state index contributed by atoms with van der Waals surface area (Å²) in [5.74, 6) is 0.773. The van der Waals surface area contributed by atoms with Gasteiger partial charge in [0.05, 0.1) is 11.6 Å². The molecule has 1 aliphatic carbocycles. The van der Waals surface area contributed by atoms with Crippen molar-refractivity contribution in [3.05, 3.63) is 64.3 Å². The smallest absolute Gasteiger partial charge is 0.290 e. The van der Waals surface area contributed by atoms with Gasteiger partial charge in [-0.15, -0.1) is 0 Å². The zero-order valence-electron chi connectivity index (χ0n) is 17.0. The van der Waals surface area contributed by atoms with Crippen LogP contribution >= 0.6 is 11.6 Å². The van der Waals surface area contributed by atoms with Gasteiger partial charge in [0, 0.05) is 28.1 Å². The van der Waals surface area contributed by atoms with Crippen LogP contribution in [0.2, 0.25) is 5.02 Å². The number of rotatable bonds is 6. The predicted octanol–water partition coefficient (Wildman–Crippen LogP) is 4.83. The number of hydrogen-bond acceptors (Lipinski definition) is 3. The minimum Gasteiger partial charge on any atom is -0.487 e. The molecule has 1 aliphatic rings. The van der Waals surface area contributed by atoms with Crippen LogP contribution < -0.4 is 10.1 Å². The summed E-state index contributed by atoms with van der Waals surface area (Å²) < 4.78 is 5.92. The maximum atomic E-state index is 12.1. The molecule has 1 fully saturated rings. The topological polar surface area (TPSA) is 91.4 Å². The lowest BCUT2D eigenvalue weighted by atomic mass is 10.1. The average Bonchev–Trinajstić information content (AvgIpc) is 3.34. The predicted molar refractivity (Wildman–Crippen MR) is 117 cm³/mol. The third-order valence-corrected chi connectivity index (χ3v) is 5.49. The number of hydrogen-bond donors (Lipinski definition) is 3. The van der Waals surface area contributed by atoms with Crippen molar-refractivity contribution in [1.29, 1.82) is 0 Å². The third-order valence-electron chi connectivity index (χ3n) is 5.19. The SMILES string of the molecule is Cc1cccc(COc2cc3[nH]c(CNC(=O)C4(C)CC4)cc3cc2Cl)c1.O=CO. The number of benzene rings is 2. The molecule has 1 heterocycles. The lowest BCUT2D eigenvalue weighted by Gasteiger charge is -2.09. The van der Waals surface area contributed by atoms with Gasteiger partial charge < -0.3 is 20.1 Å². The molecule has 0 aliphatic heterocycles. The van der Waals surface area contributed by atoms with Gasteiger partial charge in [-0.2, -0.15) is 0 Å². The molecule has 3 N–H and O–H groups in total. The molecule has 0 bridgehead atoms. The highest BCUT2D eigenvalue weighted by Crippen LogP contribution is 2.45. The van der Waals surface area contributed by atoms with Gasteiger partial charge in [-0.05, 0) is 37.5 Å². The molecule has 1 saturated carbocycles. The molecule has 2 aromatic carbocycles. The Morgan fingerprint density at radius 1 is 1.30 bits per heavy atom. The van der Waals surface area contributed by atoms with E-state index >= 15 is 0 Å². The van der Waals surface area contributed by atoms with Gasteiger partial charge in [0.2, 0.25) is 5.91 Å². The molecule has 0 atom stereocenters. The van der Waals surface area contributed by atoms with E-state index < -0.39 is 0 Å². The Bertz CT molecular complexity index is 1060. The maximum Gasteiger partial charge on any atom is 0.290 e. The maximum absolute atomic E-state index is 12.1. The number of carboxylic acid groups (broad SMARTS) is 1. The van der Waals surface area contributed by atoms with Crippen molar-refractivity contribution >= 4 is 34.9 Å². The van der Waals surface area contributed by atoms with Crippen molar-refractivity contribution in [3.8, 4) is 5.75 Å². The minimum absolute atomic E-state index is 0.126. The Balaban J connectivity index is 0.000000806. The van der Waals surface area contributed by atoms with E-state index in [1.165, 1.54) is 5.56 Å². The van der Waals surface area contributed by atoms with Crippen LogP contribution in [0.5, 0.6) is 5.75 Å². The van der Waals surface area contributed by atoms with Crippen LogP contribution in [-0.2, 0) is 22.7 Å². The molecule has 0 saturated heterocycles. The van der Waals surface area contributed by atoms with E-state index in [2.05, 4.69) is 29.4 Å². The molecule has 0 radical (unpaired) electrons. The Morgan fingerprint density at radius 3 is 2.70 bits per heavy atom. The van der Waals surface area contributed by atoms with Gasteiger partial charge >= 0.3 is 0 Å². The normalized spacial score (nSPS) is 13.8. The van der Waals surface area contributed by atoms with Crippen molar-refractivity contribution in [1.82, 2.24) is 10.3 Å². The van der Waals surface area contributed by atoms with Crippen LogP contribution in [0.3, 0.4) is 0 Å². The first-order valence-corrected chi connectivity index (χ1v) is 10.1. The van der Waals surface area contributed by atoms with Crippen molar-refractivity contribution in [2.45, 2.75) is 39.8 Å². The summed E-state index contributed by atoms with van der Waals surface area (Å²) in [7, 11) is 0. The number of aromatic nitrogens is 1. The number of nitrogens with one attached hydrogen (secondary N) is 2. The number of fused-ring (bicyclic) bond motifs is 1. The summed E-state index contributed by atoms with van der Waals surface area (Å²) in [4.78, 5) is 23.8. The summed E-state index contributed by atoms with van der Waals surface area (Å²) in [5, 5.41) is 11.5. The van der Waals surface area contributed by atoms with Gasteiger partial charge in [-0.1, -0.05) is 48.4 Å². The van der Waals surface area contributed by atoms with Gasteiger partial charge in [0.15, 0.2) is 0 Å². The van der Waals surface area contributed by atoms with E-state index in [1.54, 1.807) is 0 Å². The fourth-order valence-electron chi connectivity index (χ4n) is 3.17. The van der Waals surface area contributed by atoms with Crippen molar-refractivity contribution in [3.63, 3.8) is 0 Å². The number of amides is 1. The number of aryl methyl sites for hydroxylation is 1. The summed E-state index contributed by atoms with van der Waals surface area (Å²) in [6, 6.07) is 14.0. The highest BCUT2D eigenvalue weighted by molar-refractivity contribution is 6.32. The number of ether oxygens (including phenoxy) is 1. The molecule has 7 heteroatoms. The van der Waals surface area contributed by atoms with Gasteiger partial charge in [0.25, 0.3) is 6.47 Å². The first kappa shape index (κ1) is 21.7. The second kappa shape index (κ2) is 9.22. The fourth-order valence-corrected chi connectivity index (χ4v) is 3.39. The summed E-state index contributed by atoms with van der Waals surface area (Å²) in [6.45, 7) is 4.77. The third kappa shape index (κ3) is 5.33. The Labute approximate surface area is 180 Å². The highest BCUT2D eigenvalue weighted by atomic mass is 35.5. The summed E-state index contributed by atoms with van der Waals surface area (Å²) >= 11 is 6.40. The molecule has 3 aromatic rings. The molecule has 0 spiro atoms. The van der Waals surface area contributed by atoms with Crippen molar-refractivity contribution < 1.29 is 19.4 Å². The zero-order valence-corrected chi connectivity index (χ0v) is 17.8. The quantitative estimate of drug-likeness (QED) is 0.490. The van der Waals surface area contributed by atoms with Crippen LogP contribution in [0.25, 0.3) is 10.9 Å². The molecule has 158 valence electrons. The monoisotopic (exact) mass is 428 g/mol. The van der Waals surface area contributed by atoms with E-state index in [0.717, 1.165) is 35.0 Å². The van der Waals surface area contributed by atoms with Gasteiger partial charge in [0.1, 0.15) is 12.4 Å². The van der Waals surface area contributed by atoms with E-state index in [4.69, 9.17) is 26.2 Å². The van der Waals surface area contributed by atoms with Gasteiger partial charge in [-0.3, -0.25) is 9.59 Å². The second-order valence-electron chi connectivity index (χ2n) is 7.79. The molecule has 30 heavy (non-hydrogen) atoms. The largest absolute Gasteiger partial charge is 0.487 e. The lowest BCUT2D eigenvalue weighted by Crippen LogP contribution is -2.29. The first-order valence-electron chi connectivity index (χ1n) is 9.70. The summed E-state index contributed by atoms with van der Waals surface area (Å²) in [6.07, 6.45) is 1.95.